The molecule has 0 N–H and O–H groups in total. The smallest absolute Gasteiger partial charge is 0.387 e. The highest BCUT2D eigenvalue weighted by Crippen LogP contribution is 2.49. The fraction of sp³-hybridized carbons (Fsp3) is 0.250. The van der Waals surface area contributed by atoms with Crippen molar-refractivity contribution in [2.45, 2.75) is 25.1 Å². The quantitative estimate of drug-likeness (QED) is 0.429. The molecule has 1 amide bonds. The molecule has 0 radical (unpaired) electrons. The number of aryl methyl sites for hydroxylation is 1. The van der Waals surface area contributed by atoms with Gasteiger partial charge in [-0.15, -0.1) is 5.10 Å². The largest absolute Gasteiger partial charge is 0.434 e. The topological polar surface area (TPSA) is 78.1 Å². The van der Waals surface area contributed by atoms with E-state index in [2.05, 4.69) is 22.2 Å². The number of imidazole rings is 1. The number of nitrogens with zero attached hydrogens (tertiary/aromatic N) is 6. The number of carbonyl (C=O) groups is 1. The molecule has 0 fully saturated rings. The van der Waals surface area contributed by atoms with E-state index in [1.165, 1.54) is 6.07 Å². The molecule has 1 unspecified atom stereocenters. The highest BCUT2D eigenvalue weighted by Gasteiger charge is 2.44. The molecule has 2 atom stereocenters. The molecule has 0 saturated carbocycles. The molecule has 2 bridgehead atoms. The summed E-state index contributed by atoms with van der Waals surface area (Å²) in [5.41, 5.74) is 3.67. The van der Waals surface area contributed by atoms with Gasteiger partial charge >= 0.3 is 6.61 Å². The number of rotatable bonds is 2. The average Bonchev–Trinajstić information content (AvgIpc) is 3.48. The molecule has 0 saturated heterocycles. The first kappa shape index (κ1) is 20.4. The van der Waals surface area contributed by atoms with Crippen LogP contribution in [-0.2, 0) is 7.05 Å². The van der Waals surface area contributed by atoms with Crippen molar-refractivity contribution < 1.29 is 18.3 Å². The first-order chi connectivity index (χ1) is 16.4. The van der Waals surface area contributed by atoms with Gasteiger partial charge in [0.1, 0.15) is 11.6 Å². The van der Waals surface area contributed by atoms with Gasteiger partial charge in [0, 0.05) is 37.2 Å². The third-order valence-corrected chi connectivity index (χ3v) is 6.34. The molecular weight excluding hydrogens is 442 g/mol. The van der Waals surface area contributed by atoms with E-state index < -0.39 is 6.61 Å². The van der Waals surface area contributed by atoms with Crippen molar-refractivity contribution in [3.05, 3.63) is 70.8 Å². The van der Waals surface area contributed by atoms with Crippen molar-refractivity contribution in [2.75, 3.05) is 7.05 Å². The second kappa shape index (κ2) is 7.38. The number of hydrogen-bond donors (Lipinski definition) is 0. The molecule has 0 aliphatic carbocycles. The minimum atomic E-state index is -3.00. The van der Waals surface area contributed by atoms with E-state index in [0.29, 0.717) is 29.1 Å². The van der Waals surface area contributed by atoms with Crippen molar-refractivity contribution in [3.63, 3.8) is 0 Å². The van der Waals surface area contributed by atoms with Crippen LogP contribution < -0.4 is 4.74 Å². The van der Waals surface area contributed by atoms with Gasteiger partial charge in [-0.1, -0.05) is 17.2 Å². The van der Waals surface area contributed by atoms with Gasteiger partial charge in [0.2, 0.25) is 0 Å². The Morgan fingerprint density at radius 2 is 2.00 bits per heavy atom. The fourth-order valence-electron chi connectivity index (χ4n) is 4.90. The van der Waals surface area contributed by atoms with E-state index in [9.17, 15) is 13.6 Å². The van der Waals surface area contributed by atoms with Crippen molar-refractivity contribution in [2.24, 2.45) is 7.05 Å². The number of halogens is 2. The normalized spacial score (nSPS) is 18.5. The Kier molecular flexibility index (Phi) is 4.42. The monoisotopic (exact) mass is 460 g/mol. The molecule has 34 heavy (non-hydrogen) atoms. The Bertz CT molecular complexity index is 1530. The minimum Gasteiger partial charge on any atom is -0.434 e. The lowest BCUT2D eigenvalue weighted by Crippen LogP contribution is -2.30. The van der Waals surface area contributed by atoms with E-state index in [4.69, 9.17) is 9.72 Å². The predicted molar refractivity (Wildman–Crippen MR) is 117 cm³/mol. The van der Waals surface area contributed by atoms with E-state index in [1.807, 2.05) is 22.8 Å². The second-order valence-corrected chi connectivity index (χ2v) is 8.35. The molecule has 2 aromatic carbocycles. The molecule has 2 aromatic heterocycles. The van der Waals surface area contributed by atoms with E-state index in [1.54, 1.807) is 42.0 Å². The Balaban J connectivity index is 1.53. The van der Waals surface area contributed by atoms with Crippen LogP contribution in [0.1, 0.15) is 51.5 Å². The maximum absolute atomic E-state index is 13.2. The summed E-state index contributed by atoms with van der Waals surface area (Å²) in [6.07, 6.45) is 2.25. The van der Waals surface area contributed by atoms with Crippen LogP contribution in [0, 0.1) is 11.8 Å². The molecule has 2 aliphatic rings. The number of hydrogen-bond acceptors (Lipinski definition) is 5. The first-order valence-electron chi connectivity index (χ1n) is 10.7. The van der Waals surface area contributed by atoms with Gasteiger partial charge in [-0.25, -0.2) is 4.98 Å². The molecule has 4 heterocycles. The van der Waals surface area contributed by atoms with Crippen molar-refractivity contribution in [1.82, 2.24) is 29.4 Å². The molecule has 10 heteroatoms. The van der Waals surface area contributed by atoms with Crippen LogP contribution >= 0.6 is 0 Å². The highest BCUT2D eigenvalue weighted by atomic mass is 19.3. The molecule has 2 aliphatic heterocycles. The maximum Gasteiger partial charge on any atom is 0.387 e. The maximum atomic E-state index is 13.2. The first-order valence-corrected chi connectivity index (χ1v) is 10.7. The number of amides is 1. The number of aromatic nitrogens is 5. The third-order valence-electron chi connectivity index (χ3n) is 6.34. The zero-order valence-corrected chi connectivity index (χ0v) is 18.2. The summed E-state index contributed by atoms with van der Waals surface area (Å²) >= 11 is 0. The van der Waals surface area contributed by atoms with Crippen LogP contribution in [0.15, 0.2) is 42.6 Å². The zero-order chi connectivity index (χ0) is 23.6. The van der Waals surface area contributed by atoms with E-state index >= 15 is 0 Å². The van der Waals surface area contributed by atoms with Gasteiger partial charge < -0.3 is 14.2 Å². The summed E-state index contributed by atoms with van der Waals surface area (Å²) < 4.78 is 34.9. The number of alkyl halides is 2. The molecule has 6 rings (SSSR count). The zero-order valence-electron chi connectivity index (χ0n) is 18.2. The van der Waals surface area contributed by atoms with Gasteiger partial charge in [-0.2, -0.15) is 8.78 Å². The molecular formula is C24H18F2N6O2. The molecule has 4 aromatic rings. The van der Waals surface area contributed by atoms with E-state index in [0.717, 1.165) is 16.6 Å². The summed E-state index contributed by atoms with van der Waals surface area (Å²) in [5.74, 6) is 6.57. The third kappa shape index (κ3) is 3.04. The summed E-state index contributed by atoms with van der Waals surface area (Å²) in [6.45, 7) is -3.00. The lowest BCUT2D eigenvalue weighted by molar-refractivity contribution is -0.0507. The molecule has 8 nitrogen and oxygen atoms in total. The lowest BCUT2D eigenvalue weighted by Gasteiger charge is -2.24. The SMILES string of the molecule is CN1C(=O)c2cccc(OC(F)F)c2[C@H]2CC1c1nc3ccc(C#Cc4cn(C)nn4)cc3n12. The van der Waals surface area contributed by atoms with Crippen LogP contribution in [0.4, 0.5) is 8.78 Å². The summed E-state index contributed by atoms with van der Waals surface area (Å²) in [4.78, 5) is 19.6. The standard InChI is InChI=1S/C24H18F2N6O2/c1-30-12-14(28-29-30)8-6-13-7-9-16-17(10-13)32-18-11-19(22(32)27-16)31(2)23(33)15-4-3-5-20(21(15)18)34-24(25)26/h3-5,7,9-10,12,18-19,24H,11H2,1-2H3/t18-,19?/m1/s1. The Morgan fingerprint density at radius 3 is 2.76 bits per heavy atom. The van der Waals surface area contributed by atoms with Crippen LogP contribution in [0.3, 0.4) is 0 Å². The Hall–Kier alpha value is -4.26. The Labute approximate surface area is 192 Å². The van der Waals surface area contributed by atoms with Gasteiger partial charge in [0.05, 0.1) is 29.3 Å². The fourth-order valence-corrected chi connectivity index (χ4v) is 4.90. The van der Waals surface area contributed by atoms with Gasteiger partial charge in [-0.05, 0) is 36.3 Å². The summed E-state index contributed by atoms with van der Waals surface area (Å²) in [5, 5.41) is 7.86. The van der Waals surface area contributed by atoms with Crippen LogP contribution in [0.2, 0.25) is 0 Å². The van der Waals surface area contributed by atoms with E-state index in [-0.39, 0.29) is 23.7 Å². The van der Waals surface area contributed by atoms with Gasteiger partial charge in [0.25, 0.3) is 5.91 Å². The number of carbonyl (C=O) groups excluding carboxylic acids is 1. The van der Waals surface area contributed by atoms with Crippen LogP contribution in [0.5, 0.6) is 5.75 Å². The van der Waals surface area contributed by atoms with Gasteiger partial charge in [0.15, 0.2) is 5.69 Å². The van der Waals surface area contributed by atoms with Crippen molar-refractivity contribution >= 4 is 16.9 Å². The Morgan fingerprint density at radius 1 is 1.15 bits per heavy atom. The van der Waals surface area contributed by atoms with Gasteiger partial charge in [-0.3, -0.25) is 9.48 Å². The number of ether oxygens (including phenoxy) is 1. The average molecular weight is 460 g/mol. The number of benzene rings is 2. The van der Waals surface area contributed by atoms with Crippen molar-refractivity contribution in [3.8, 4) is 17.6 Å². The lowest BCUT2D eigenvalue weighted by atomic mass is 9.97. The predicted octanol–water partition coefficient (Wildman–Crippen LogP) is 3.29. The summed E-state index contributed by atoms with van der Waals surface area (Å²) in [7, 11) is 3.48. The number of fused-ring (bicyclic) bond motifs is 9. The minimum absolute atomic E-state index is 0.00759. The molecule has 170 valence electrons. The summed E-state index contributed by atoms with van der Waals surface area (Å²) in [6, 6.07) is 9.69. The van der Waals surface area contributed by atoms with Crippen molar-refractivity contribution in [1.29, 1.82) is 0 Å². The highest BCUT2D eigenvalue weighted by molar-refractivity contribution is 5.97. The van der Waals surface area contributed by atoms with Crippen LogP contribution in [-0.4, -0.2) is 49.0 Å². The molecule has 0 spiro atoms. The van der Waals surface area contributed by atoms with Crippen LogP contribution in [0.25, 0.3) is 11.0 Å². The second-order valence-electron chi connectivity index (χ2n) is 8.35.